The van der Waals surface area contributed by atoms with Crippen LogP contribution in [0.3, 0.4) is 0 Å². The van der Waals surface area contributed by atoms with Crippen molar-refractivity contribution in [2.24, 2.45) is 16.1 Å². The smallest absolute Gasteiger partial charge is 0.188 e. The van der Waals surface area contributed by atoms with Crippen LogP contribution in [0.5, 0.6) is 0 Å². The number of rotatable bonds is 7. The lowest BCUT2D eigenvalue weighted by Gasteiger charge is -2.20. The van der Waals surface area contributed by atoms with Gasteiger partial charge in [0.15, 0.2) is 5.96 Å². The first kappa shape index (κ1) is 14.3. The molecule has 1 aliphatic rings. The highest BCUT2D eigenvalue weighted by Crippen LogP contribution is 2.37. The standard InChI is InChI=1S/C14H29N3/c1-3-4-5-8-11-16-13(15)17-12-14(2)9-6-7-10-14/h3-12H2,1-2H3,(H3,15,16,17). The van der Waals surface area contributed by atoms with Crippen molar-refractivity contribution < 1.29 is 0 Å². The van der Waals surface area contributed by atoms with Gasteiger partial charge < -0.3 is 11.1 Å². The van der Waals surface area contributed by atoms with Crippen molar-refractivity contribution in [1.29, 1.82) is 0 Å². The van der Waals surface area contributed by atoms with Crippen molar-refractivity contribution in [3.05, 3.63) is 0 Å². The SMILES string of the molecule is CCCCCCNC(N)=NCC1(C)CCCC1. The fourth-order valence-electron chi connectivity index (χ4n) is 2.49. The molecular formula is C14H29N3. The molecular weight excluding hydrogens is 210 g/mol. The molecule has 0 spiro atoms. The predicted octanol–water partition coefficient (Wildman–Crippen LogP) is 3.05. The fraction of sp³-hybridized carbons (Fsp3) is 0.929. The average Bonchev–Trinajstić information content (AvgIpc) is 2.74. The van der Waals surface area contributed by atoms with E-state index in [-0.39, 0.29) is 0 Å². The molecule has 0 aromatic carbocycles. The van der Waals surface area contributed by atoms with E-state index in [1.54, 1.807) is 0 Å². The molecule has 0 radical (unpaired) electrons. The molecule has 3 heteroatoms. The van der Waals surface area contributed by atoms with Crippen LogP contribution < -0.4 is 11.1 Å². The van der Waals surface area contributed by atoms with Crippen molar-refractivity contribution in [2.75, 3.05) is 13.1 Å². The van der Waals surface area contributed by atoms with E-state index in [4.69, 9.17) is 5.73 Å². The minimum atomic E-state index is 0.411. The minimum absolute atomic E-state index is 0.411. The van der Waals surface area contributed by atoms with Crippen molar-refractivity contribution in [3.8, 4) is 0 Å². The summed E-state index contributed by atoms with van der Waals surface area (Å²) in [6, 6.07) is 0. The summed E-state index contributed by atoms with van der Waals surface area (Å²) in [7, 11) is 0. The molecule has 0 aromatic heterocycles. The van der Waals surface area contributed by atoms with Crippen LogP contribution in [0.25, 0.3) is 0 Å². The lowest BCUT2D eigenvalue weighted by molar-refractivity contribution is 0.351. The Morgan fingerprint density at radius 3 is 2.59 bits per heavy atom. The number of unbranched alkanes of at least 4 members (excludes halogenated alkanes) is 3. The van der Waals surface area contributed by atoms with Crippen molar-refractivity contribution in [2.45, 2.75) is 65.2 Å². The number of nitrogens with two attached hydrogens (primary N) is 1. The second-order valence-corrected chi connectivity index (χ2v) is 5.71. The van der Waals surface area contributed by atoms with Gasteiger partial charge in [0.2, 0.25) is 0 Å². The molecule has 1 fully saturated rings. The highest BCUT2D eigenvalue weighted by Gasteiger charge is 2.28. The Balaban J connectivity index is 2.11. The van der Waals surface area contributed by atoms with Gasteiger partial charge in [0.25, 0.3) is 0 Å². The van der Waals surface area contributed by atoms with E-state index >= 15 is 0 Å². The average molecular weight is 239 g/mol. The molecule has 1 rings (SSSR count). The van der Waals surface area contributed by atoms with E-state index in [1.165, 1.54) is 51.4 Å². The molecule has 17 heavy (non-hydrogen) atoms. The van der Waals surface area contributed by atoms with Crippen LogP contribution in [0.4, 0.5) is 0 Å². The Hall–Kier alpha value is -0.730. The molecule has 3 N–H and O–H groups in total. The summed E-state index contributed by atoms with van der Waals surface area (Å²) < 4.78 is 0. The molecule has 100 valence electrons. The summed E-state index contributed by atoms with van der Waals surface area (Å²) in [6.45, 7) is 6.41. The first-order valence-electron chi connectivity index (χ1n) is 7.20. The topological polar surface area (TPSA) is 50.4 Å². The van der Waals surface area contributed by atoms with Crippen molar-refractivity contribution in [3.63, 3.8) is 0 Å². The monoisotopic (exact) mass is 239 g/mol. The van der Waals surface area contributed by atoms with Crippen LogP contribution in [0.15, 0.2) is 4.99 Å². The number of hydrogen-bond acceptors (Lipinski definition) is 1. The zero-order chi connectivity index (χ0) is 12.6. The molecule has 0 amide bonds. The summed E-state index contributed by atoms with van der Waals surface area (Å²) >= 11 is 0. The fourth-order valence-corrected chi connectivity index (χ4v) is 2.49. The molecule has 0 atom stereocenters. The second-order valence-electron chi connectivity index (χ2n) is 5.71. The van der Waals surface area contributed by atoms with Gasteiger partial charge in [-0.15, -0.1) is 0 Å². The van der Waals surface area contributed by atoms with Crippen LogP contribution in [0, 0.1) is 5.41 Å². The summed E-state index contributed by atoms with van der Waals surface area (Å²) in [5.41, 5.74) is 6.28. The van der Waals surface area contributed by atoms with Gasteiger partial charge in [0.1, 0.15) is 0 Å². The summed E-state index contributed by atoms with van der Waals surface area (Å²) in [6.07, 6.45) is 10.4. The Bertz CT molecular complexity index is 230. The number of aliphatic imine (C=N–C) groups is 1. The lowest BCUT2D eigenvalue weighted by Crippen LogP contribution is -2.33. The Labute approximate surface area is 106 Å². The van der Waals surface area contributed by atoms with E-state index in [0.29, 0.717) is 11.4 Å². The molecule has 1 aliphatic carbocycles. The third-order valence-corrected chi connectivity index (χ3v) is 3.78. The minimum Gasteiger partial charge on any atom is -0.370 e. The molecule has 0 bridgehead atoms. The Morgan fingerprint density at radius 1 is 1.24 bits per heavy atom. The van der Waals surface area contributed by atoms with Gasteiger partial charge >= 0.3 is 0 Å². The van der Waals surface area contributed by atoms with Gasteiger partial charge in [-0.25, -0.2) is 0 Å². The van der Waals surface area contributed by atoms with Crippen molar-refractivity contribution >= 4 is 5.96 Å². The number of guanidine groups is 1. The molecule has 3 nitrogen and oxygen atoms in total. The maximum atomic E-state index is 5.86. The zero-order valence-electron chi connectivity index (χ0n) is 11.6. The second kappa shape index (κ2) is 7.57. The van der Waals surface area contributed by atoms with Crippen LogP contribution in [-0.4, -0.2) is 19.0 Å². The molecule has 0 unspecified atom stereocenters. The third-order valence-electron chi connectivity index (χ3n) is 3.78. The molecule has 0 aliphatic heterocycles. The van der Waals surface area contributed by atoms with Gasteiger partial charge in [-0.3, -0.25) is 4.99 Å². The van der Waals surface area contributed by atoms with E-state index in [1.807, 2.05) is 0 Å². The van der Waals surface area contributed by atoms with Gasteiger partial charge in [0, 0.05) is 13.1 Å². The molecule has 0 heterocycles. The largest absolute Gasteiger partial charge is 0.370 e. The van der Waals surface area contributed by atoms with Crippen LogP contribution in [-0.2, 0) is 0 Å². The van der Waals surface area contributed by atoms with Crippen LogP contribution in [0.2, 0.25) is 0 Å². The number of nitrogens with zero attached hydrogens (tertiary/aromatic N) is 1. The third kappa shape index (κ3) is 5.94. The van der Waals surface area contributed by atoms with Gasteiger partial charge in [0.05, 0.1) is 0 Å². The summed E-state index contributed by atoms with van der Waals surface area (Å²) in [5.74, 6) is 0.634. The first-order chi connectivity index (χ1) is 8.16. The number of hydrogen-bond donors (Lipinski definition) is 2. The van der Waals surface area contributed by atoms with E-state index in [2.05, 4.69) is 24.2 Å². The summed E-state index contributed by atoms with van der Waals surface area (Å²) in [5, 5.41) is 3.21. The predicted molar refractivity (Wildman–Crippen MR) is 75.2 cm³/mol. The number of nitrogens with one attached hydrogen (secondary N) is 1. The lowest BCUT2D eigenvalue weighted by atomic mass is 9.89. The van der Waals surface area contributed by atoms with Gasteiger partial charge in [-0.2, -0.15) is 0 Å². The normalized spacial score (nSPS) is 19.5. The van der Waals surface area contributed by atoms with Gasteiger partial charge in [-0.1, -0.05) is 46.0 Å². The highest BCUT2D eigenvalue weighted by molar-refractivity contribution is 5.77. The van der Waals surface area contributed by atoms with Gasteiger partial charge in [-0.05, 0) is 24.7 Å². The van der Waals surface area contributed by atoms with E-state index in [9.17, 15) is 0 Å². The first-order valence-corrected chi connectivity index (χ1v) is 7.20. The van der Waals surface area contributed by atoms with Crippen LogP contribution >= 0.6 is 0 Å². The molecule has 0 aromatic rings. The van der Waals surface area contributed by atoms with E-state index < -0.39 is 0 Å². The quantitative estimate of drug-likeness (QED) is 0.407. The Kier molecular flexibility index (Phi) is 6.38. The van der Waals surface area contributed by atoms with E-state index in [0.717, 1.165) is 13.1 Å². The molecule has 1 saturated carbocycles. The maximum Gasteiger partial charge on any atom is 0.188 e. The summed E-state index contributed by atoms with van der Waals surface area (Å²) in [4.78, 5) is 4.48. The zero-order valence-corrected chi connectivity index (χ0v) is 11.6. The Morgan fingerprint density at radius 2 is 1.94 bits per heavy atom. The maximum absolute atomic E-state index is 5.86. The van der Waals surface area contributed by atoms with Crippen LogP contribution in [0.1, 0.15) is 65.2 Å². The molecule has 0 saturated heterocycles. The van der Waals surface area contributed by atoms with Crippen molar-refractivity contribution in [1.82, 2.24) is 5.32 Å². The highest BCUT2D eigenvalue weighted by atomic mass is 15.1.